The molecule has 0 aliphatic rings. The molecule has 0 spiro atoms. The van der Waals surface area contributed by atoms with Crippen molar-refractivity contribution in [2.24, 2.45) is 0 Å². The molecule has 0 heterocycles. The Morgan fingerprint density at radius 2 is 1.59 bits per heavy atom. The van der Waals surface area contributed by atoms with Gasteiger partial charge in [0.2, 0.25) is 0 Å². The third kappa shape index (κ3) is 8.23. The highest BCUT2D eigenvalue weighted by Gasteiger charge is 2.16. The number of hydrogen-bond acceptors (Lipinski definition) is 4. The Kier molecular flexibility index (Phi) is 10.5. The summed E-state index contributed by atoms with van der Waals surface area (Å²) in [7, 11) is 0. The third-order valence-corrected chi connectivity index (χ3v) is 4.33. The van der Waals surface area contributed by atoms with Crippen LogP contribution in [-0.4, -0.2) is 29.9 Å². The molecular weight excluding hydrogens is 296 g/mol. The quantitative estimate of drug-likeness (QED) is 0.246. The third-order valence-electron chi connectivity index (χ3n) is 3.34. The van der Waals surface area contributed by atoms with Gasteiger partial charge in [0, 0.05) is 5.56 Å². The van der Waals surface area contributed by atoms with E-state index in [0.29, 0.717) is 12.2 Å². The summed E-state index contributed by atoms with van der Waals surface area (Å²) < 4.78 is 5.03. The molecule has 122 valence electrons. The topological polar surface area (TPSA) is 43.4 Å². The molecule has 0 saturated heterocycles. The van der Waals surface area contributed by atoms with E-state index in [1.54, 1.807) is 24.3 Å². The van der Waals surface area contributed by atoms with E-state index in [2.05, 4.69) is 6.92 Å². The van der Waals surface area contributed by atoms with Crippen LogP contribution in [0, 0.1) is 0 Å². The van der Waals surface area contributed by atoms with E-state index in [9.17, 15) is 9.59 Å². The summed E-state index contributed by atoms with van der Waals surface area (Å²) in [6.45, 7) is 2.53. The second kappa shape index (κ2) is 12.3. The fraction of sp³-hybridized carbons (Fsp3) is 0.556. The number of hydrogen-bond donors (Lipinski definition) is 0. The summed E-state index contributed by atoms with van der Waals surface area (Å²) in [5.41, 5.74) is 0.387. The average molecular weight is 322 g/mol. The highest BCUT2D eigenvalue weighted by atomic mass is 32.2. The van der Waals surface area contributed by atoms with Crippen molar-refractivity contribution in [3.8, 4) is 0 Å². The van der Waals surface area contributed by atoms with E-state index in [0.717, 1.165) is 12.8 Å². The van der Waals surface area contributed by atoms with Crippen molar-refractivity contribution in [3.63, 3.8) is 0 Å². The molecule has 1 rings (SSSR count). The predicted octanol–water partition coefficient (Wildman–Crippen LogP) is 4.51. The van der Waals surface area contributed by atoms with Gasteiger partial charge in [-0.2, -0.15) is 11.8 Å². The number of unbranched alkanes of at least 4 members (excludes halogenated alkanes) is 5. The van der Waals surface area contributed by atoms with Crippen LogP contribution in [-0.2, 0) is 9.53 Å². The summed E-state index contributed by atoms with van der Waals surface area (Å²) in [6.07, 6.45) is 6.85. The van der Waals surface area contributed by atoms with Crippen molar-refractivity contribution in [2.45, 2.75) is 45.4 Å². The molecular formula is C18H26O3S. The van der Waals surface area contributed by atoms with Crippen LogP contribution < -0.4 is 0 Å². The Balaban J connectivity index is 2.00. The Labute approximate surface area is 137 Å². The second-order valence-corrected chi connectivity index (χ2v) is 6.54. The number of Topliss-reactive ketones (excluding diaryl/α,β-unsaturated/α-hetero) is 1. The lowest BCUT2D eigenvalue weighted by atomic mass is 10.1. The van der Waals surface area contributed by atoms with Gasteiger partial charge in [0.25, 0.3) is 5.78 Å². The van der Waals surface area contributed by atoms with E-state index in [1.165, 1.54) is 37.2 Å². The van der Waals surface area contributed by atoms with Crippen LogP contribution >= 0.6 is 11.8 Å². The van der Waals surface area contributed by atoms with E-state index in [4.69, 9.17) is 4.74 Å². The van der Waals surface area contributed by atoms with E-state index >= 15 is 0 Å². The van der Waals surface area contributed by atoms with Gasteiger partial charge in [-0.15, -0.1) is 0 Å². The normalized spacial score (nSPS) is 10.4. The number of ether oxygens (including phenoxy) is 1. The average Bonchev–Trinajstić information content (AvgIpc) is 2.56. The Morgan fingerprint density at radius 3 is 2.27 bits per heavy atom. The van der Waals surface area contributed by atoms with Crippen molar-refractivity contribution in [1.29, 1.82) is 0 Å². The predicted molar refractivity (Wildman–Crippen MR) is 92.4 cm³/mol. The van der Waals surface area contributed by atoms with Gasteiger partial charge < -0.3 is 4.74 Å². The first-order valence-corrected chi connectivity index (χ1v) is 9.25. The standard InChI is InChI=1S/C18H26O3S/c1-2-22-15-11-6-4-3-5-10-14-21-18(20)17(19)16-12-8-7-9-13-16/h7-9,12-13H,2-6,10-11,14-15H2,1H3. The molecule has 0 atom stereocenters. The van der Waals surface area contributed by atoms with Crippen molar-refractivity contribution < 1.29 is 14.3 Å². The minimum atomic E-state index is -0.747. The van der Waals surface area contributed by atoms with Crippen LogP contribution in [0.5, 0.6) is 0 Å². The lowest BCUT2D eigenvalue weighted by molar-refractivity contribution is -0.138. The van der Waals surface area contributed by atoms with E-state index in [-0.39, 0.29) is 0 Å². The Morgan fingerprint density at radius 1 is 0.955 bits per heavy atom. The number of carbonyl (C=O) groups is 2. The van der Waals surface area contributed by atoms with Gasteiger partial charge in [-0.3, -0.25) is 4.79 Å². The van der Waals surface area contributed by atoms with Gasteiger partial charge in [-0.05, 0) is 24.3 Å². The number of benzene rings is 1. The van der Waals surface area contributed by atoms with Crippen molar-refractivity contribution in [2.75, 3.05) is 18.1 Å². The maximum Gasteiger partial charge on any atom is 0.379 e. The fourth-order valence-electron chi connectivity index (χ4n) is 2.10. The smallest absolute Gasteiger partial charge is 0.379 e. The Bertz CT molecular complexity index is 431. The summed E-state index contributed by atoms with van der Waals surface area (Å²) in [5.74, 6) is 1.15. The Hall–Kier alpha value is -1.29. The first-order valence-electron chi connectivity index (χ1n) is 8.10. The minimum Gasteiger partial charge on any atom is -0.460 e. The van der Waals surface area contributed by atoms with Crippen molar-refractivity contribution in [3.05, 3.63) is 35.9 Å². The molecule has 22 heavy (non-hydrogen) atoms. The molecule has 0 amide bonds. The number of carbonyl (C=O) groups excluding carboxylic acids is 2. The van der Waals surface area contributed by atoms with Gasteiger partial charge in [0.1, 0.15) is 0 Å². The number of rotatable bonds is 12. The van der Waals surface area contributed by atoms with Crippen LogP contribution in [0.3, 0.4) is 0 Å². The molecule has 0 aliphatic carbocycles. The molecule has 0 N–H and O–H groups in total. The molecule has 4 heteroatoms. The maximum atomic E-state index is 11.8. The van der Waals surface area contributed by atoms with Gasteiger partial charge in [-0.25, -0.2) is 4.79 Å². The summed E-state index contributed by atoms with van der Waals surface area (Å²) in [5, 5.41) is 0. The molecule has 0 fully saturated rings. The lowest BCUT2D eigenvalue weighted by Crippen LogP contribution is -2.18. The van der Waals surface area contributed by atoms with Crippen LogP contribution in [0.4, 0.5) is 0 Å². The molecule has 1 aromatic rings. The fourth-order valence-corrected chi connectivity index (χ4v) is 2.79. The molecule has 0 saturated carbocycles. The first-order chi connectivity index (χ1) is 10.8. The van der Waals surface area contributed by atoms with Crippen LogP contribution in [0.2, 0.25) is 0 Å². The number of ketones is 1. The zero-order valence-electron chi connectivity index (χ0n) is 13.4. The molecule has 0 unspecified atom stereocenters. The van der Waals surface area contributed by atoms with E-state index < -0.39 is 11.8 Å². The van der Waals surface area contributed by atoms with E-state index in [1.807, 2.05) is 17.8 Å². The SMILES string of the molecule is CCSCCCCCCCCOC(=O)C(=O)c1ccccc1. The van der Waals surface area contributed by atoms with Crippen molar-refractivity contribution in [1.82, 2.24) is 0 Å². The van der Waals surface area contributed by atoms with Crippen molar-refractivity contribution >= 4 is 23.5 Å². The molecule has 0 aromatic heterocycles. The van der Waals surface area contributed by atoms with Crippen LogP contribution in [0.1, 0.15) is 55.8 Å². The second-order valence-electron chi connectivity index (χ2n) is 5.15. The summed E-state index contributed by atoms with van der Waals surface area (Å²) in [6, 6.07) is 8.53. The highest BCUT2D eigenvalue weighted by Crippen LogP contribution is 2.09. The zero-order chi connectivity index (χ0) is 16.0. The molecule has 3 nitrogen and oxygen atoms in total. The van der Waals surface area contributed by atoms with Crippen LogP contribution in [0.15, 0.2) is 30.3 Å². The maximum absolute atomic E-state index is 11.8. The first kappa shape index (κ1) is 18.8. The van der Waals surface area contributed by atoms with Gasteiger partial charge in [0.15, 0.2) is 0 Å². The highest BCUT2D eigenvalue weighted by molar-refractivity contribution is 7.99. The summed E-state index contributed by atoms with van der Waals surface area (Å²) in [4.78, 5) is 23.4. The zero-order valence-corrected chi connectivity index (χ0v) is 14.2. The van der Waals surface area contributed by atoms with Gasteiger partial charge in [0.05, 0.1) is 6.61 Å². The van der Waals surface area contributed by atoms with Gasteiger partial charge >= 0.3 is 5.97 Å². The number of thioether (sulfide) groups is 1. The largest absolute Gasteiger partial charge is 0.460 e. The monoisotopic (exact) mass is 322 g/mol. The lowest BCUT2D eigenvalue weighted by Gasteiger charge is -2.04. The molecule has 1 aromatic carbocycles. The minimum absolute atomic E-state index is 0.336. The molecule has 0 radical (unpaired) electrons. The summed E-state index contributed by atoms with van der Waals surface area (Å²) >= 11 is 1.99. The van der Waals surface area contributed by atoms with Gasteiger partial charge in [-0.1, -0.05) is 62.9 Å². The van der Waals surface area contributed by atoms with Crippen LogP contribution in [0.25, 0.3) is 0 Å². The number of esters is 1. The molecule has 0 aliphatic heterocycles. The molecule has 0 bridgehead atoms.